The molecular formula is C15H18ClFO2. The molecule has 0 spiro atoms. The van der Waals surface area contributed by atoms with Gasteiger partial charge in [-0.25, -0.2) is 4.39 Å². The fourth-order valence-corrected chi connectivity index (χ4v) is 3.02. The largest absolute Gasteiger partial charge is 0.481 e. The van der Waals surface area contributed by atoms with E-state index in [4.69, 9.17) is 16.7 Å². The molecular weight excluding hydrogens is 267 g/mol. The maximum atomic E-state index is 13.9. The maximum absolute atomic E-state index is 13.9. The number of carbonyl (C=O) groups is 1. The van der Waals surface area contributed by atoms with Crippen LogP contribution >= 0.6 is 11.6 Å². The van der Waals surface area contributed by atoms with E-state index in [9.17, 15) is 9.18 Å². The number of aliphatic carboxylic acids is 1. The van der Waals surface area contributed by atoms with Crippen LogP contribution in [-0.4, -0.2) is 11.1 Å². The lowest BCUT2D eigenvalue weighted by Gasteiger charge is -2.23. The Morgan fingerprint density at radius 3 is 2.63 bits per heavy atom. The van der Waals surface area contributed by atoms with Crippen molar-refractivity contribution in [1.29, 1.82) is 0 Å². The molecule has 1 aliphatic carbocycles. The van der Waals surface area contributed by atoms with E-state index in [-0.39, 0.29) is 17.7 Å². The average molecular weight is 285 g/mol. The first-order valence-corrected chi connectivity index (χ1v) is 7.13. The van der Waals surface area contributed by atoms with Gasteiger partial charge in [0.1, 0.15) is 5.82 Å². The van der Waals surface area contributed by atoms with Crippen molar-refractivity contribution in [3.63, 3.8) is 0 Å². The highest BCUT2D eigenvalue weighted by atomic mass is 35.5. The number of carboxylic acid groups (broad SMARTS) is 1. The van der Waals surface area contributed by atoms with Crippen molar-refractivity contribution in [3.05, 3.63) is 34.6 Å². The summed E-state index contributed by atoms with van der Waals surface area (Å²) < 4.78 is 13.9. The standard InChI is InChI=1S/C15H18ClFO2/c16-12-7-8-13(14(17)9-12)10-3-1-2-4-11(6-5-10)15(18)19/h7-11H,1-6H2,(H,18,19). The Morgan fingerprint density at radius 2 is 1.95 bits per heavy atom. The molecule has 0 radical (unpaired) electrons. The van der Waals surface area contributed by atoms with Crippen LogP contribution in [0.4, 0.5) is 4.39 Å². The Hall–Kier alpha value is -1.09. The monoisotopic (exact) mass is 284 g/mol. The molecule has 2 atom stereocenters. The minimum Gasteiger partial charge on any atom is -0.481 e. The second-order valence-electron chi connectivity index (χ2n) is 5.26. The molecule has 1 aliphatic rings. The number of hydrogen-bond acceptors (Lipinski definition) is 1. The molecule has 0 heterocycles. The normalized spacial score (nSPS) is 24.5. The summed E-state index contributed by atoms with van der Waals surface area (Å²) in [6.07, 6.45) is 4.88. The Kier molecular flexibility index (Phi) is 4.81. The van der Waals surface area contributed by atoms with E-state index in [1.54, 1.807) is 12.1 Å². The summed E-state index contributed by atoms with van der Waals surface area (Å²) >= 11 is 5.76. The maximum Gasteiger partial charge on any atom is 0.306 e. The number of carboxylic acids is 1. The van der Waals surface area contributed by atoms with Gasteiger partial charge in [-0.2, -0.15) is 0 Å². The summed E-state index contributed by atoms with van der Waals surface area (Å²) in [5.41, 5.74) is 0.676. The van der Waals surface area contributed by atoms with E-state index in [0.29, 0.717) is 17.0 Å². The van der Waals surface area contributed by atoms with Gasteiger partial charge in [0.2, 0.25) is 0 Å². The molecule has 1 aromatic carbocycles. The van der Waals surface area contributed by atoms with Gasteiger partial charge in [0.15, 0.2) is 0 Å². The number of halogens is 2. The molecule has 2 rings (SSSR count). The van der Waals surface area contributed by atoms with E-state index >= 15 is 0 Å². The highest BCUT2D eigenvalue weighted by molar-refractivity contribution is 6.30. The van der Waals surface area contributed by atoms with E-state index < -0.39 is 5.97 Å². The van der Waals surface area contributed by atoms with Crippen molar-refractivity contribution >= 4 is 17.6 Å². The average Bonchev–Trinajstić information content (AvgIpc) is 2.30. The fraction of sp³-hybridized carbons (Fsp3) is 0.533. The Bertz CT molecular complexity index is 461. The highest BCUT2D eigenvalue weighted by Gasteiger charge is 2.24. The predicted octanol–water partition coefficient (Wildman–Crippen LogP) is 4.62. The van der Waals surface area contributed by atoms with Crippen LogP contribution in [-0.2, 0) is 4.79 Å². The van der Waals surface area contributed by atoms with Gasteiger partial charge in [-0.05, 0) is 49.3 Å². The van der Waals surface area contributed by atoms with Crippen LogP contribution in [0.1, 0.15) is 50.0 Å². The van der Waals surface area contributed by atoms with Gasteiger partial charge >= 0.3 is 5.97 Å². The van der Waals surface area contributed by atoms with Gasteiger partial charge in [0, 0.05) is 5.02 Å². The van der Waals surface area contributed by atoms with Crippen molar-refractivity contribution in [2.24, 2.45) is 5.92 Å². The van der Waals surface area contributed by atoms with E-state index in [1.165, 1.54) is 6.07 Å². The first-order chi connectivity index (χ1) is 9.08. The van der Waals surface area contributed by atoms with Crippen LogP contribution in [0.15, 0.2) is 18.2 Å². The van der Waals surface area contributed by atoms with E-state index in [0.717, 1.165) is 32.1 Å². The molecule has 1 saturated carbocycles. The second kappa shape index (κ2) is 6.38. The molecule has 19 heavy (non-hydrogen) atoms. The molecule has 1 N–H and O–H groups in total. The van der Waals surface area contributed by atoms with Crippen LogP contribution in [0.25, 0.3) is 0 Å². The number of rotatable bonds is 2. The number of benzene rings is 1. The molecule has 0 aliphatic heterocycles. The topological polar surface area (TPSA) is 37.3 Å². The van der Waals surface area contributed by atoms with Crippen LogP contribution in [0.3, 0.4) is 0 Å². The zero-order chi connectivity index (χ0) is 13.8. The zero-order valence-corrected chi connectivity index (χ0v) is 11.5. The lowest BCUT2D eigenvalue weighted by atomic mass is 9.82. The molecule has 0 saturated heterocycles. The lowest BCUT2D eigenvalue weighted by molar-refractivity contribution is -0.142. The van der Waals surface area contributed by atoms with Gasteiger partial charge in [-0.3, -0.25) is 4.79 Å². The lowest BCUT2D eigenvalue weighted by Crippen LogP contribution is -2.17. The van der Waals surface area contributed by atoms with E-state index in [1.807, 2.05) is 0 Å². The van der Waals surface area contributed by atoms with Crippen LogP contribution in [0.5, 0.6) is 0 Å². The molecule has 0 aromatic heterocycles. The fourth-order valence-electron chi connectivity index (χ4n) is 2.86. The SMILES string of the molecule is O=C(O)C1CCCCC(c2ccc(Cl)cc2F)CC1. The third-order valence-electron chi connectivity index (χ3n) is 3.97. The molecule has 1 aromatic rings. The van der Waals surface area contributed by atoms with Crippen molar-refractivity contribution < 1.29 is 14.3 Å². The summed E-state index contributed by atoms with van der Waals surface area (Å²) in [6.45, 7) is 0. The molecule has 104 valence electrons. The summed E-state index contributed by atoms with van der Waals surface area (Å²) in [5.74, 6) is -1.17. The Morgan fingerprint density at radius 1 is 1.21 bits per heavy atom. The smallest absolute Gasteiger partial charge is 0.306 e. The predicted molar refractivity (Wildman–Crippen MR) is 73.0 cm³/mol. The summed E-state index contributed by atoms with van der Waals surface area (Å²) in [6, 6.07) is 4.78. The van der Waals surface area contributed by atoms with E-state index in [2.05, 4.69) is 0 Å². The zero-order valence-electron chi connectivity index (χ0n) is 10.7. The van der Waals surface area contributed by atoms with Crippen LogP contribution in [0.2, 0.25) is 5.02 Å². The summed E-state index contributed by atoms with van der Waals surface area (Å²) in [7, 11) is 0. The van der Waals surface area contributed by atoms with Crippen molar-refractivity contribution in [2.45, 2.75) is 44.4 Å². The highest BCUT2D eigenvalue weighted by Crippen LogP contribution is 2.34. The van der Waals surface area contributed by atoms with Gasteiger partial charge in [0.05, 0.1) is 5.92 Å². The van der Waals surface area contributed by atoms with Crippen molar-refractivity contribution in [3.8, 4) is 0 Å². The summed E-state index contributed by atoms with van der Waals surface area (Å²) in [5, 5.41) is 9.51. The molecule has 2 nitrogen and oxygen atoms in total. The first-order valence-electron chi connectivity index (χ1n) is 6.75. The molecule has 4 heteroatoms. The Balaban J connectivity index is 2.12. The molecule has 1 fully saturated rings. The van der Waals surface area contributed by atoms with Gasteiger partial charge in [-0.15, -0.1) is 0 Å². The van der Waals surface area contributed by atoms with Crippen molar-refractivity contribution in [2.75, 3.05) is 0 Å². The summed E-state index contributed by atoms with van der Waals surface area (Å²) in [4.78, 5) is 11.1. The Labute approximate surface area is 117 Å². The third kappa shape index (κ3) is 3.69. The van der Waals surface area contributed by atoms with Gasteiger partial charge in [-0.1, -0.05) is 30.5 Å². The van der Waals surface area contributed by atoms with Crippen molar-refractivity contribution in [1.82, 2.24) is 0 Å². The second-order valence-corrected chi connectivity index (χ2v) is 5.70. The first kappa shape index (κ1) is 14.3. The van der Waals surface area contributed by atoms with Gasteiger partial charge in [0.25, 0.3) is 0 Å². The molecule has 2 unspecified atom stereocenters. The van der Waals surface area contributed by atoms with Crippen LogP contribution < -0.4 is 0 Å². The minimum atomic E-state index is -0.725. The van der Waals surface area contributed by atoms with Gasteiger partial charge < -0.3 is 5.11 Å². The molecule has 0 amide bonds. The minimum absolute atomic E-state index is 0.111. The third-order valence-corrected chi connectivity index (χ3v) is 4.21. The molecule has 0 bridgehead atoms. The van der Waals surface area contributed by atoms with Crippen LogP contribution in [0, 0.1) is 11.7 Å². The quantitative estimate of drug-likeness (QED) is 0.860. The number of hydrogen-bond donors (Lipinski definition) is 1.